The third kappa shape index (κ3) is 3.25. The van der Waals surface area contributed by atoms with E-state index in [0.717, 1.165) is 10.2 Å². The number of hydrogen-bond acceptors (Lipinski definition) is 4. The summed E-state index contributed by atoms with van der Waals surface area (Å²) in [4.78, 5) is 4.08. The van der Waals surface area contributed by atoms with E-state index < -0.39 is 0 Å². The molecule has 0 aliphatic carbocycles. The molecular formula is C10H7BrCl2N2OS. The van der Waals surface area contributed by atoms with Gasteiger partial charge in [-0.1, -0.05) is 23.2 Å². The minimum Gasteiger partial charge on any atom is -0.486 e. The van der Waals surface area contributed by atoms with Gasteiger partial charge in [0.25, 0.3) is 0 Å². The van der Waals surface area contributed by atoms with Crippen LogP contribution in [-0.2, 0) is 6.61 Å². The lowest BCUT2D eigenvalue weighted by Gasteiger charge is -2.07. The predicted octanol–water partition coefficient (Wildman–Crippen LogP) is 4.37. The number of ether oxygens (including phenoxy) is 1. The van der Waals surface area contributed by atoms with Crippen molar-refractivity contribution in [2.45, 2.75) is 6.61 Å². The lowest BCUT2D eigenvalue weighted by atomic mass is 10.3. The number of nitrogens with zero attached hydrogens (tertiary/aromatic N) is 1. The van der Waals surface area contributed by atoms with Gasteiger partial charge in [0.1, 0.15) is 12.4 Å². The molecular weight excluding hydrogens is 347 g/mol. The van der Waals surface area contributed by atoms with Crippen LogP contribution in [0.15, 0.2) is 22.0 Å². The van der Waals surface area contributed by atoms with Crippen LogP contribution in [0, 0.1) is 0 Å². The first-order valence-corrected chi connectivity index (χ1v) is 6.96. The fraction of sp³-hybridized carbons (Fsp3) is 0.100. The maximum Gasteiger partial charge on any atom is 0.180 e. The van der Waals surface area contributed by atoms with Gasteiger partial charge in [-0.25, -0.2) is 4.98 Å². The number of halogens is 3. The van der Waals surface area contributed by atoms with E-state index >= 15 is 0 Å². The Morgan fingerprint density at radius 2 is 2.12 bits per heavy atom. The van der Waals surface area contributed by atoms with Crippen LogP contribution in [0.2, 0.25) is 10.0 Å². The first-order valence-electron chi connectivity index (χ1n) is 4.53. The Morgan fingerprint density at radius 3 is 2.76 bits per heavy atom. The second kappa shape index (κ2) is 5.44. The van der Waals surface area contributed by atoms with Crippen molar-refractivity contribution in [2.24, 2.45) is 0 Å². The molecule has 0 saturated carbocycles. The largest absolute Gasteiger partial charge is 0.486 e. The quantitative estimate of drug-likeness (QED) is 0.833. The van der Waals surface area contributed by atoms with Crippen LogP contribution < -0.4 is 10.5 Å². The number of nitrogen functional groups attached to an aromatic ring is 1. The maximum atomic E-state index is 6.02. The lowest BCUT2D eigenvalue weighted by Crippen LogP contribution is -1.97. The first-order chi connectivity index (χ1) is 8.06. The van der Waals surface area contributed by atoms with Gasteiger partial charge in [-0.15, -0.1) is 11.3 Å². The molecule has 7 heteroatoms. The van der Waals surface area contributed by atoms with Gasteiger partial charge in [-0.05, 0) is 22.0 Å². The van der Waals surface area contributed by atoms with Crippen molar-refractivity contribution in [1.82, 2.24) is 4.98 Å². The highest BCUT2D eigenvalue weighted by molar-refractivity contribution is 9.10. The van der Waals surface area contributed by atoms with E-state index in [4.69, 9.17) is 33.7 Å². The van der Waals surface area contributed by atoms with Crippen molar-refractivity contribution in [1.29, 1.82) is 0 Å². The van der Waals surface area contributed by atoms with Crippen molar-refractivity contribution >= 4 is 55.6 Å². The van der Waals surface area contributed by atoms with E-state index in [1.165, 1.54) is 11.3 Å². The SMILES string of the molecule is Nc1nc(COc2cc(Cl)c(Br)cc2Cl)cs1. The number of rotatable bonds is 3. The van der Waals surface area contributed by atoms with Crippen LogP contribution in [0.25, 0.3) is 0 Å². The van der Waals surface area contributed by atoms with E-state index in [1.54, 1.807) is 12.1 Å². The Bertz CT molecular complexity index is 547. The number of nitrogens with two attached hydrogens (primary N) is 1. The highest BCUT2D eigenvalue weighted by atomic mass is 79.9. The molecule has 2 aromatic rings. The summed E-state index contributed by atoms with van der Waals surface area (Å²) in [5.74, 6) is 0.520. The molecule has 0 radical (unpaired) electrons. The van der Waals surface area contributed by atoms with Gasteiger partial charge in [0, 0.05) is 15.9 Å². The van der Waals surface area contributed by atoms with E-state index in [9.17, 15) is 0 Å². The molecule has 0 aliphatic heterocycles. The smallest absolute Gasteiger partial charge is 0.180 e. The van der Waals surface area contributed by atoms with Gasteiger partial charge < -0.3 is 10.5 Å². The molecule has 2 N–H and O–H groups in total. The summed E-state index contributed by atoms with van der Waals surface area (Å²) in [6.45, 7) is 0.311. The summed E-state index contributed by atoms with van der Waals surface area (Å²) in [5.41, 5.74) is 6.29. The summed E-state index contributed by atoms with van der Waals surface area (Å²) >= 11 is 16.6. The van der Waals surface area contributed by atoms with Gasteiger partial charge in [-0.3, -0.25) is 0 Å². The zero-order chi connectivity index (χ0) is 12.4. The minimum absolute atomic E-state index is 0.311. The Hall–Kier alpha value is -0.490. The molecule has 90 valence electrons. The average molecular weight is 354 g/mol. The topological polar surface area (TPSA) is 48.1 Å². The summed E-state index contributed by atoms with van der Waals surface area (Å²) in [6.07, 6.45) is 0. The Labute approximate surface area is 121 Å². The fourth-order valence-corrected chi connectivity index (χ4v) is 2.55. The number of anilines is 1. The summed E-state index contributed by atoms with van der Waals surface area (Å²) in [6, 6.07) is 3.35. The highest BCUT2D eigenvalue weighted by Crippen LogP contribution is 2.34. The fourth-order valence-electron chi connectivity index (χ4n) is 1.16. The zero-order valence-electron chi connectivity index (χ0n) is 8.41. The van der Waals surface area contributed by atoms with Crippen molar-refractivity contribution < 1.29 is 4.74 Å². The Kier molecular flexibility index (Phi) is 4.14. The molecule has 0 unspecified atom stereocenters. The number of thiazole rings is 1. The van der Waals surface area contributed by atoms with Gasteiger partial charge >= 0.3 is 0 Å². The van der Waals surface area contributed by atoms with Crippen LogP contribution in [-0.4, -0.2) is 4.98 Å². The number of benzene rings is 1. The number of hydrogen-bond donors (Lipinski definition) is 1. The van der Waals surface area contributed by atoms with Crippen LogP contribution in [0.1, 0.15) is 5.69 Å². The Balaban J connectivity index is 2.11. The molecule has 0 bridgehead atoms. The van der Waals surface area contributed by atoms with Crippen LogP contribution in [0.5, 0.6) is 5.75 Å². The van der Waals surface area contributed by atoms with Crippen molar-refractivity contribution in [3.05, 3.63) is 37.7 Å². The molecule has 0 atom stereocenters. The third-order valence-electron chi connectivity index (χ3n) is 1.92. The second-order valence-electron chi connectivity index (χ2n) is 3.16. The molecule has 1 aromatic carbocycles. The van der Waals surface area contributed by atoms with Crippen molar-refractivity contribution in [3.63, 3.8) is 0 Å². The summed E-state index contributed by atoms with van der Waals surface area (Å²) in [5, 5.41) is 3.39. The van der Waals surface area contributed by atoms with E-state index in [-0.39, 0.29) is 0 Å². The van der Waals surface area contributed by atoms with Gasteiger partial charge in [0.2, 0.25) is 0 Å². The third-order valence-corrected chi connectivity index (χ3v) is 4.14. The molecule has 17 heavy (non-hydrogen) atoms. The molecule has 2 rings (SSSR count). The molecule has 0 fully saturated rings. The molecule has 1 aromatic heterocycles. The Morgan fingerprint density at radius 1 is 1.35 bits per heavy atom. The highest BCUT2D eigenvalue weighted by Gasteiger charge is 2.08. The molecule has 0 amide bonds. The standard InChI is InChI=1S/C10H7BrCl2N2OS/c11-6-1-8(13)9(2-7(6)12)16-3-5-4-17-10(14)15-5/h1-2,4H,3H2,(H2,14,15). The zero-order valence-corrected chi connectivity index (χ0v) is 12.3. The lowest BCUT2D eigenvalue weighted by molar-refractivity contribution is 0.302. The van der Waals surface area contributed by atoms with E-state index in [0.29, 0.717) is 27.5 Å². The molecule has 0 aliphatic rings. The van der Waals surface area contributed by atoms with Gasteiger partial charge in [0.05, 0.1) is 15.7 Å². The second-order valence-corrected chi connectivity index (χ2v) is 5.72. The van der Waals surface area contributed by atoms with Gasteiger partial charge in [0.15, 0.2) is 5.13 Å². The van der Waals surface area contributed by atoms with Gasteiger partial charge in [-0.2, -0.15) is 0 Å². The van der Waals surface area contributed by atoms with E-state index in [2.05, 4.69) is 20.9 Å². The first kappa shape index (κ1) is 13.0. The van der Waals surface area contributed by atoms with Crippen LogP contribution in [0.4, 0.5) is 5.13 Å². The van der Waals surface area contributed by atoms with Crippen LogP contribution in [0.3, 0.4) is 0 Å². The molecule has 0 saturated heterocycles. The summed E-state index contributed by atoms with van der Waals surface area (Å²) in [7, 11) is 0. The predicted molar refractivity (Wildman–Crippen MR) is 75.0 cm³/mol. The number of aromatic nitrogens is 1. The molecule has 1 heterocycles. The molecule has 3 nitrogen and oxygen atoms in total. The average Bonchev–Trinajstić information content (AvgIpc) is 2.68. The van der Waals surface area contributed by atoms with E-state index in [1.807, 2.05) is 5.38 Å². The maximum absolute atomic E-state index is 6.02. The van der Waals surface area contributed by atoms with Crippen molar-refractivity contribution in [2.75, 3.05) is 5.73 Å². The molecule has 0 spiro atoms. The monoisotopic (exact) mass is 352 g/mol. The summed E-state index contributed by atoms with van der Waals surface area (Å²) < 4.78 is 6.25. The van der Waals surface area contributed by atoms with Crippen molar-refractivity contribution in [3.8, 4) is 5.75 Å². The van der Waals surface area contributed by atoms with Crippen LogP contribution >= 0.6 is 50.5 Å². The minimum atomic E-state index is 0.311. The normalized spacial score (nSPS) is 10.5.